The van der Waals surface area contributed by atoms with Crippen LogP contribution in [0.5, 0.6) is 0 Å². The second-order valence-electron chi connectivity index (χ2n) is 3.43. The highest BCUT2D eigenvalue weighted by Crippen LogP contribution is 2.27. The zero-order valence-corrected chi connectivity index (χ0v) is 10.0. The van der Waals surface area contributed by atoms with Gasteiger partial charge in [-0.15, -0.1) is 5.10 Å². The fraction of sp³-hybridized carbons (Fsp3) is 0.300. The molecule has 0 aliphatic carbocycles. The molecule has 0 fully saturated rings. The van der Waals surface area contributed by atoms with Gasteiger partial charge in [-0.25, -0.2) is 9.82 Å². The van der Waals surface area contributed by atoms with Crippen LogP contribution in [0.3, 0.4) is 0 Å². The second kappa shape index (κ2) is 5.26. The van der Waals surface area contributed by atoms with Crippen molar-refractivity contribution in [3.8, 4) is 0 Å². The van der Waals surface area contributed by atoms with E-state index in [1.54, 1.807) is 6.07 Å². The van der Waals surface area contributed by atoms with Gasteiger partial charge in [0.05, 0.1) is 22.8 Å². The van der Waals surface area contributed by atoms with Gasteiger partial charge in [0, 0.05) is 11.8 Å². The van der Waals surface area contributed by atoms with Crippen molar-refractivity contribution in [1.82, 2.24) is 20.0 Å². The molecule has 0 aliphatic heterocycles. The molecule has 0 saturated heterocycles. The predicted octanol–water partition coefficient (Wildman–Crippen LogP) is 1.19. The molecule has 0 aromatic carbocycles. The summed E-state index contributed by atoms with van der Waals surface area (Å²) in [6.45, 7) is 1.97. The summed E-state index contributed by atoms with van der Waals surface area (Å²) in [7, 11) is 0. The molecular formula is C10H12FN5S. The van der Waals surface area contributed by atoms with Gasteiger partial charge in [0.2, 0.25) is 0 Å². The van der Waals surface area contributed by atoms with E-state index in [0.717, 1.165) is 17.0 Å². The number of nitrogens with one attached hydrogen (secondary N) is 1. The number of rotatable bonds is 4. The second-order valence-corrected chi connectivity index (χ2v) is 4.22. The van der Waals surface area contributed by atoms with E-state index in [2.05, 4.69) is 20.0 Å². The Kier molecular flexibility index (Phi) is 3.72. The third-order valence-corrected chi connectivity index (χ3v) is 3.30. The minimum Gasteiger partial charge on any atom is -0.271 e. The zero-order valence-electron chi connectivity index (χ0n) is 9.22. The molecule has 1 atom stereocenters. The summed E-state index contributed by atoms with van der Waals surface area (Å²) in [6, 6.07) is 1.16. The molecule has 1 unspecified atom stereocenters. The molecule has 0 spiro atoms. The molecule has 0 radical (unpaired) electrons. The van der Waals surface area contributed by atoms with E-state index in [1.807, 2.05) is 6.92 Å². The average Bonchev–Trinajstić information content (AvgIpc) is 2.81. The predicted molar refractivity (Wildman–Crippen MR) is 62.6 cm³/mol. The van der Waals surface area contributed by atoms with Gasteiger partial charge < -0.3 is 0 Å². The molecule has 0 bridgehead atoms. The first kappa shape index (κ1) is 12.0. The van der Waals surface area contributed by atoms with Crippen molar-refractivity contribution in [2.45, 2.75) is 19.4 Å². The minimum atomic E-state index is -0.437. The standard InChI is InChI=1S/C10H12FN5S/c1-2-8-10(17-16-15-8)9(14-12)6-3-4-13-5-7(6)11/h3-5,9,14H,2,12H2,1H3. The number of nitrogens with zero attached hydrogens (tertiary/aromatic N) is 3. The van der Waals surface area contributed by atoms with Crippen LogP contribution < -0.4 is 11.3 Å². The molecule has 2 aromatic heterocycles. The molecule has 17 heavy (non-hydrogen) atoms. The molecule has 5 nitrogen and oxygen atoms in total. The van der Waals surface area contributed by atoms with Crippen molar-refractivity contribution in [3.05, 3.63) is 40.4 Å². The van der Waals surface area contributed by atoms with Crippen LogP contribution in [0.1, 0.15) is 29.1 Å². The van der Waals surface area contributed by atoms with E-state index < -0.39 is 11.9 Å². The number of halogens is 1. The molecule has 0 saturated carbocycles. The smallest absolute Gasteiger partial charge is 0.146 e. The summed E-state index contributed by atoms with van der Waals surface area (Å²) >= 11 is 1.22. The number of pyridine rings is 1. The Labute approximate surface area is 102 Å². The molecular weight excluding hydrogens is 241 g/mol. The quantitative estimate of drug-likeness (QED) is 0.632. The molecule has 2 aromatic rings. The Morgan fingerprint density at radius 3 is 3.06 bits per heavy atom. The van der Waals surface area contributed by atoms with Crippen LogP contribution in [0.15, 0.2) is 18.5 Å². The average molecular weight is 253 g/mol. The van der Waals surface area contributed by atoms with Gasteiger partial charge in [-0.05, 0) is 24.0 Å². The summed E-state index contributed by atoms with van der Waals surface area (Å²) in [6.07, 6.45) is 3.43. The highest BCUT2D eigenvalue weighted by atomic mass is 32.1. The molecule has 7 heteroatoms. The van der Waals surface area contributed by atoms with Gasteiger partial charge in [0.1, 0.15) is 5.82 Å². The van der Waals surface area contributed by atoms with Gasteiger partial charge in [-0.1, -0.05) is 11.4 Å². The fourth-order valence-electron chi connectivity index (χ4n) is 1.61. The summed E-state index contributed by atoms with van der Waals surface area (Å²) < 4.78 is 17.5. The third kappa shape index (κ3) is 2.31. The van der Waals surface area contributed by atoms with Crippen molar-refractivity contribution in [1.29, 1.82) is 0 Å². The lowest BCUT2D eigenvalue weighted by Crippen LogP contribution is -2.29. The summed E-state index contributed by atoms with van der Waals surface area (Å²) in [5.74, 6) is 5.11. The van der Waals surface area contributed by atoms with E-state index in [9.17, 15) is 4.39 Å². The number of hydrogen-bond acceptors (Lipinski definition) is 6. The third-order valence-electron chi connectivity index (χ3n) is 2.46. The highest BCUT2D eigenvalue weighted by molar-refractivity contribution is 7.05. The van der Waals surface area contributed by atoms with E-state index >= 15 is 0 Å². The molecule has 3 N–H and O–H groups in total. The number of nitrogens with two attached hydrogens (primary N) is 1. The topological polar surface area (TPSA) is 76.7 Å². The fourth-order valence-corrected chi connectivity index (χ4v) is 2.42. The van der Waals surface area contributed by atoms with Gasteiger partial charge in [0.25, 0.3) is 0 Å². The van der Waals surface area contributed by atoms with E-state index in [1.165, 1.54) is 23.9 Å². The molecule has 0 aliphatic rings. The lowest BCUT2D eigenvalue weighted by molar-refractivity contribution is 0.557. The first-order valence-corrected chi connectivity index (χ1v) is 5.92. The molecule has 2 heterocycles. The van der Waals surface area contributed by atoms with Crippen molar-refractivity contribution >= 4 is 11.5 Å². The molecule has 2 rings (SSSR count). The molecule has 90 valence electrons. The van der Waals surface area contributed by atoms with Crippen LogP contribution in [0, 0.1) is 5.82 Å². The zero-order chi connectivity index (χ0) is 12.3. The number of aromatic nitrogens is 3. The van der Waals surface area contributed by atoms with Crippen LogP contribution in [0.2, 0.25) is 0 Å². The molecule has 0 amide bonds. The summed E-state index contributed by atoms with van der Waals surface area (Å²) in [5.41, 5.74) is 3.87. The number of aryl methyl sites for hydroxylation is 1. The Balaban J connectivity index is 2.44. The lowest BCUT2D eigenvalue weighted by Gasteiger charge is -2.15. The highest BCUT2D eigenvalue weighted by Gasteiger charge is 2.21. The maximum Gasteiger partial charge on any atom is 0.146 e. The lowest BCUT2D eigenvalue weighted by atomic mass is 10.1. The van der Waals surface area contributed by atoms with Crippen molar-refractivity contribution in [2.75, 3.05) is 0 Å². The SMILES string of the molecule is CCc1nnsc1C(NN)c1ccncc1F. The van der Waals surface area contributed by atoms with E-state index in [0.29, 0.717) is 5.56 Å². The maximum absolute atomic E-state index is 13.7. The number of hydrogen-bond donors (Lipinski definition) is 2. The van der Waals surface area contributed by atoms with Gasteiger partial charge in [-0.2, -0.15) is 0 Å². The first-order chi connectivity index (χ1) is 8.27. The van der Waals surface area contributed by atoms with Gasteiger partial charge in [-0.3, -0.25) is 10.8 Å². The van der Waals surface area contributed by atoms with Crippen LogP contribution in [-0.4, -0.2) is 14.6 Å². The summed E-state index contributed by atoms with van der Waals surface area (Å²) in [4.78, 5) is 4.55. The van der Waals surface area contributed by atoms with Gasteiger partial charge >= 0.3 is 0 Å². The van der Waals surface area contributed by atoms with Crippen LogP contribution in [0.4, 0.5) is 4.39 Å². The largest absolute Gasteiger partial charge is 0.271 e. The van der Waals surface area contributed by atoms with Crippen LogP contribution >= 0.6 is 11.5 Å². The normalized spacial score (nSPS) is 12.6. The van der Waals surface area contributed by atoms with E-state index in [4.69, 9.17) is 5.84 Å². The van der Waals surface area contributed by atoms with Gasteiger partial charge in [0.15, 0.2) is 0 Å². The Morgan fingerprint density at radius 2 is 2.41 bits per heavy atom. The maximum atomic E-state index is 13.7. The monoisotopic (exact) mass is 253 g/mol. The van der Waals surface area contributed by atoms with Crippen LogP contribution in [-0.2, 0) is 6.42 Å². The van der Waals surface area contributed by atoms with Crippen molar-refractivity contribution in [2.24, 2.45) is 5.84 Å². The van der Waals surface area contributed by atoms with E-state index in [-0.39, 0.29) is 0 Å². The number of hydrazine groups is 1. The first-order valence-electron chi connectivity index (χ1n) is 5.14. The van der Waals surface area contributed by atoms with Crippen LogP contribution in [0.25, 0.3) is 0 Å². The summed E-state index contributed by atoms with van der Waals surface area (Å²) in [5, 5.41) is 3.99. The van der Waals surface area contributed by atoms with Crippen molar-refractivity contribution in [3.63, 3.8) is 0 Å². The minimum absolute atomic E-state index is 0.397. The Bertz CT molecular complexity index is 501. The van der Waals surface area contributed by atoms with Crippen molar-refractivity contribution < 1.29 is 4.39 Å². The Hall–Kier alpha value is -1.44. The Morgan fingerprint density at radius 1 is 1.59 bits per heavy atom.